The van der Waals surface area contributed by atoms with Gasteiger partial charge in [0.2, 0.25) is 5.91 Å². The number of nitrogens with one attached hydrogen (secondary N) is 1. The molecule has 0 aromatic heterocycles. The van der Waals surface area contributed by atoms with Crippen LogP contribution in [0.3, 0.4) is 0 Å². The van der Waals surface area contributed by atoms with Crippen molar-refractivity contribution in [2.45, 2.75) is 6.36 Å². The van der Waals surface area contributed by atoms with Crippen molar-refractivity contribution in [3.63, 3.8) is 0 Å². The zero-order valence-corrected chi connectivity index (χ0v) is 19.9. The van der Waals surface area contributed by atoms with Crippen molar-refractivity contribution in [1.82, 2.24) is 0 Å². The fourth-order valence-corrected chi connectivity index (χ4v) is 4.12. The Kier molecular flexibility index (Phi) is 7.66. The fraction of sp³-hybridized carbons (Fsp3) is 0.0800. The molecular weight excluding hydrogens is 515 g/mol. The van der Waals surface area contributed by atoms with E-state index < -0.39 is 18.0 Å². The van der Waals surface area contributed by atoms with Crippen LogP contribution in [0, 0.1) is 0 Å². The second-order valence-electron chi connectivity index (χ2n) is 7.36. The van der Waals surface area contributed by atoms with E-state index in [-0.39, 0.29) is 17.4 Å². The third-order valence-electron chi connectivity index (χ3n) is 4.72. The van der Waals surface area contributed by atoms with Crippen molar-refractivity contribution in [3.8, 4) is 5.75 Å². The number of carbonyl (C=O) groups excluding carboxylic acids is 2. The number of ether oxygens (including phenoxy) is 1. The molecule has 1 aliphatic heterocycles. The summed E-state index contributed by atoms with van der Waals surface area (Å²) in [5.41, 5.74) is 1.82. The van der Waals surface area contributed by atoms with Gasteiger partial charge >= 0.3 is 6.36 Å². The van der Waals surface area contributed by atoms with Crippen LogP contribution < -0.4 is 15.0 Å². The van der Waals surface area contributed by atoms with Crippen LogP contribution in [0.15, 0.2) is 89.6 Å². The number of carbonyl (C=O) groups is 2. The number of para-hydroxylation sites is 1. The normalized spacial score (nSPS) is 14.7. The van der Waals surface area contributed by atoms with E-state index >= 15 is 0 Å². The molecule has 11 heteroatoms. The molecule has 0 saturated carbocycles. The van der Waals surface area contributed by atoms with Gasteiger partial charge in [0.05, 0.1) is 11.4 Å². The molecule has 0 spiro atoms. The van der Waals surface area contributed by atoms with Gasteiger partial charge in [0.1, 0.15) is 11.4 Å². The van der Waals surface area contributed by atoms with E-state index in [1.165, 1.54) is 17.0 Å². The van der Waals surface area contributed by atoms with Gasteiger partial charge in [-0.1, -0.05) is 53.7 Å². The highest BCUT2D eigenvalue weighted by molar-refractivity contribution is 8.14. The van der Waals surface area contributed by atoms with Gasteiger partial charge in [0, 0.05) is 10.7 Å². The Bertz CT molecular complexity index is 1310. The van der Waals surface area contributed by atoms with Crippen LogP contribution in [0.25, 0.3) is 6.08 Å². The van der Waals surface area contributed by atoms with E-state index in [1.54, 1.807) is 54.6 Å². The number of benzene rings is 3. The minimum atomic E-state index is -4.80. The second-order valence-corrected chi connectivity index (χ2v) is 8.74. The highest BCUT2D eigenvalue weighted by Gasteiger charge is 2.32. The Morgan fingerprint density at radius 3 is 2.33 bits per heavy atom. The molecule has 4 rings (SSSR count). The molecule has 0 atom stereocenters. The maximum atomic E-state index is 13.2. The number of nitrogens with zero attached hydrogens (tertiary/aromatic N) is 2. The lowest BCUT2D eigenvalue weighted by Gasteiger charge is -2.17. The van der Waals surface area contributed by atoms with Crippen LogP contribution in [-0.2, 0) is 9.59 Å². The average Bonchev–Trinajstić information content (AvgIpc) is 3.15. The van der Waals surface area contributed by atoms with Crippen molar-refractivity contribution in [2.24, 2.45) is 4.99 Å². The first-order chi connectivity index (χ1) is 17.2. The molecule has 0 aliphatic carbocycles. The molecule has 3 aromatic rings. The van der Waals surface area contributed by atoms with Crippen molar-refractivity contribution >= 4 is 57.8 Å². The number of amides is 2. The van der Waals surface area contributed by atoms with Gasteiger partial charge in [-0.15, -0.1) is 13.2 Å². The Morgan fingerprint density at radius 2 is 1.69 bits per heavy atom. The van der Waals surface area contributed by atoms with Crippen LogP contribution in [0.1, 0.15) is 5.56 Å². The number of aliphatic imine (C=N–C) groups is 1. The van der Waals surface area contributed by atoms with Gasteiger partial charge in [-0.05, 0) is 60.2 Å². The molecule has 0 radical (unpaired) electrons. The van der Waals surface area contributed by atoms with Crippen molar-refractivity contribution in [3.05, 3.63) is 95.1 Å². The van der Waals surface area contributed by atoms with Gasteiger partial charge in [-0.2, -0.15) is 0 Å². The SMILES string of the molecule is O=C(CSC1=NC(=Cc2ccc(Cl)cc2)C(=O)N1c1ccccc1)Nc1ccc(OC(F)(F)F)cc1. The maximum Gasteiger partial charge on any atom is 0.573 e. The first-order valence-electron chi connectivity index (χ1n) is 10.4. The molecule has 3 aromatic carbocycles. The Balaban J connectivity index is 1.47. The molecule has 2 amide bonds. The van der Waals surface area contributed by atoms with Crippen LogP contribution >= 0.6 is 23.4 Å². The number of hydrogen-bond donors (Lipinski definition) is 1. The van der Waals surface area contributed by atoms with Crippen LogP contribution in [0.4, 0.5) is 24.5 Å². The van der Waals surface area contributed by atoms with Crippen LogP contribution in [0.5, 0.6) is 5.75 Å². The van der Waals surface area contributed by atoms with Gasteiger partial charge in [-0.3, -0.25) is 14.5 Å². The molecule has 1 heterocycles. The summed E-state index contributed by atoms with van der Waals surface area (Å²) in [6.07, 6.45) is -3.17. The summed E-state index contributed by atoms with van der Waals surface area (Å²) in [5.74, 6) is -1.26. The molecule has 36 heavy (non-hydrogen) atoms. The molecule has 0 saturated heterocycles. The molecule has 0 bridgehead atoms. The first kappa shape index (κ1) is 25.3. The van der Waals surface area contributed by atoms with Gasteiger partial charge in [-0.25, -0.2) is 4.99 Å². The summed E-state index contributed by atoms with van der Waals surface area (Å²) < 4.78 is 40.7. The summed E-state index contributed by atoms with van der Waals surface area (Å²) in [4.78, 5) is 31.5. The topological polar surface area (TPSA) is 71.0 Å². The average molecular weight is 532 g/mol. The Labute approximate surface area is 213 Å². The number of anilines is 2. The Hall–Kier alpha value is -3.76. The predicted molar refractivity (Wildman–Crippen MR) is 135 cm³/mol. The Morgan fingerprint density at radius 1 is 1.03 bits per heavy atom. The number of hydrogen-bond acceptors (Lipinski definition) is 5. The number of thioether (sulfide) groups is 1. The summed E-state index contributed by atoms with van der Waals surface area (Å²) in [6, 6.07) is 20.6. The van der Waals surface area contributed by atoms with E-state index in [0.717, 1.165) is 29.5 Å². The third-order valence-corrected chi connectivity index (χ3v) is 5.91. The lowest BCUT2D eigenvalue weighted by molar-refractivity contribution is -0.274. The minimum Gasteiger partial charge on any atom is -0.406 e. The van der Waals surface area contributed by atoms with E-state index in [1.807, 2.05) is 6.07 Å². The lowest BCUT2D eigenvalue weighted by Crippen LogP contribution is -2.31. The maximum absolute atomic E-state index is 13.2. The largest absolute Gasteiger partial charge is 0.573 e. The van der Waals surface area contributed by atoms with Crippen molar-refractivity contribution in [2.75, 3.05) is 16.0 Å². The van der Waals surface area contributed by atoms with Gasteiger partial charge in [0.25, 0.3) is 5.91 Å². The fourth-order valence-electron chi connectivity index (χ4n) is 3.18. The van der Waals surface area contributed by atoms with Crippen molar-refractivity contribution < 1.29 is 27.5 Å². The van der Waals surface area contributed by atoms with Gasteiger partial charge in [0.15, 0.2) is 5.17 Å². The summed E-state index contributed by atoms with van der Waals surface area (Å²) in [5, 5.41) is 3.48. The van der Waals surface area contributed by atoms with E-state index in [9.17, 15) is 22.8 Å². The van der Waals surface area contributed by atoms with Gasteiger partial charge < -0.3 is 10.1 Å². The summed E-state index contributed by atoms with van der Waals surface area (Å²) in [6.45, 7) is 0. The molecule has 184 valence electrons. The zero-order chi connectivity index (χ0) is 25.7. The number of amidine groups is 1. The third kappa shape index (κ3) is 6.67. The number of halogens is 4. The van der Waals surface area contributed by atoms with E-state index in [4.69, 9.17) is 11.6 Å². The number of alkyl halides is 3. The molecule has 6 nitrogen and oxygen atoms in total. The number of rotatable bonds is 6. The molecule has 1 N–H and O–H groups in total. The van der Waals surface area contributed by atoms with Crippen LogP contribution in [0.2, 0.25) is 5.02 Å². The lowest BCUT2D eigenvalue weighted by atomic mass is 10.2. The monoisotopic (exact) mass is 531 g/mol. The predicted octanol–water partition coefficient (Wildman–Crippen LogP) is 6.35. The summed E-state index contributed by atoms with van der Waals surface area (Å²) >= 11 is 6.98. The molecule has 0 unspecified atom stereocenters. The summed E-state index contributed by atoms with van der Waals surface area (Å²) in [7, 11) is 0. The highest BCUT2D eigenvalue weighted by atomic mass is 35.5. The zero-order valence-electron chi connectivity index (χ0n) is 18.3. The second kappa shape index (κ2) is 10.9. The standard InChI is InChI=1S/C25H17ClF3N3O3S/c26-17-8-6-16(7-9-17)14-21-23(34)32(19-4-2-1-3-5-19)24(31-21)36-15-22(33)30-18-10-12-20(13-11-18)35-25(27,28)29/h1-14H,15H2,(H,30,33). The van der Waals surface area contributed by atoms with Crippen LogP contribution in [-0.4, -0.2) is 29.1 Å². The molecular formula is C25H17ClF3N3O3S. The molecule has 0 fully saturated rings. The quantitative estimate of drug-likeness (QED) is 0.376. The highest BCUT2D eigenvalue weighted by Crippen LogP contribution is 2.30. The molecule has 1 aliphatic rings. The minimum absolute atomic E-state index is 0.0928. The first-order valence-corrected chi connectivity index (χ1v) is 11.8. The van der Waals surface area contributed by atoms with Crippen molar-refractivity contribution in [1.29, 1.82) is 0 Å². The van der Waals surface area contributed by atoms with E-state index in [2.05, 4.69) is 15.0 Å². The van der Waals surface area contributed by atoms with E-state index in [0.29, 0.717) is 21.6 Å². The smallest absolute Gasteiger partial charge is 0.406 e.